The average molecular weight is 325 g/mol. The summed E-state index contributed by atoms with van der Waals surface area (Å²) in [7, 11) is 0. The van der Waals surface area contributed by atoms with Crippen LogP contribution < -0.4 is 0 Å². The Morgan fingerprint density at radius 3 is 2.67 bits per heavy atom. The molecular weight excluding hydrogens is 308 g/mol. The van der Waals surface area contributed by atoms with Gasteiger partial charge in [-0.15, -0.1) is 11.3 Å². The summed E-state index contributed by atoms with van der Waals surface area (Å²) >= 11 is 5.16. The lowest BCUT2D eigenvalue weighted by molar-refractivity contribution is 0.222. The van der Waals surface area contributed by atoms with E-state index in [-0.39, 0.29) is 0 Å². The van der Waals surface area contributed by atoms with Crippen LogP contribution in [0.4, 0.5) is 0 Å². The number of rotatable bonds is 3. The van der Waals surface area contributed by atoms with E-state index in [4.69, 9.17) is 0 Å². The minimum Gasteiger partial charge on any atom is -0.383 e. The van der Waals surface area contributed by atoms with Gasteiger partial charge in [0.1, 0.15) is 6.10 Å². The molecule has 18 heavy (non-hydrogen) atoms. The fourth-order valence-electron chi connectivity index (χ4n) is 2.12. The molecule has 96 valence electrons. The van der Waals surface area contributed by atoms with Crippen LogP contribution in [-0.2, 0) is 6.42 Å². The highest BCUT2D eigenvalue weighted by molar-refractivity contribution is 9.10. The number of benzene rings is 1. The van der Waals surface area contributed by atoms with Gasteiger partial charge in [0.2, 0.25) is 0 Å². The predicted octanol–water partition coefficient (Wildman–Crippen LogP) is 4.77. The zero-order chi connectivity index (χ0) is 13.3. The third-order valence-corrected chi connectivity index (χ3v) is 5.12. The van der Waals surface area contributed by atoms with Gasteiger partial charge in [0, 0.05) is 9.35 Å². The molecule has 1 aromatic heterocycles. The standard InChI is InChI=1S/C15H17BrOS/c1-4-11-5-6-18-15(11)14(17)12-7-10(3)13(16)8-9(12)2/h5-8,14,17H,4H2,1-3H3. The lowest BCUT2D eigenvalue weighted by atomic mass is 9.98. The smallest absolute Gasteiger partial charge is 0.114 e. The lowest BCUT2D eigenvalue weighted by Crippen LogP contribution is -2.03. The Morgan fingerprint density at radius 2 is 2.00 bits per heavy atom. The number of aryl methyl sites for hydroxylation is 3. The highest BCUT2D eigenvalue weighted by Crippen LogP contribution is 2.33. The van der Waals surface area contributed by atoms with Crippen LogP contribution in [0.5, 0.6) is 0 Å². The zero-order valence-corrected chi connectivity index (χ0v) is 13.2. The quantitative estimate of drug-likeness (QED) is 0.862. The van der Waals surface area contributed by atoms with E-state index in [2.05, 4.69) is 53.4 Å². The van der Waals surface area contributed by atoms with E-state index in [0.29, 0.717) is 0 Å². The fourth-order valence-corrected chi connectivity index (χ4v) is 3.57. The van der Waals surface area contributed by atoms with Crippen molar-refractivity contribution in [2.75, 3.05) is 0 Å². The third kappa shape index (κ3) is 2.53. The molecule has 0 amide bonds. The monoisotopic (exact) mass is 324 g/mol. The highest BCUT2D eigenvalue weighted by atomic mass is 79.9. The number of aliphatic hydroxyl groups is 1. The first-order valence-electron chi connectivity index (χ1n) is 6.05. The molecule has 1 aromatic carbocycles. The first-order valence-corrected chi connectivity index (χ1v) is 7.72. The molecule has 0 radical (unpaired) electrons. The van der Waals surface area contributed by atoms with Gasteiger partial charge < -0.3 is 5.11 Å². The Morgan fingerprint density at radius 1 is 1.28 bits per heavy atom. The van der Waals surface area contributed by atoms with Gasteiger partial charge in [0.05, 0.1) is 0 Å². The highest BCUT2D eigenvalue weighted by Gasteiger charge is 2.18. The van der Waals surface area contributed by atoms with Crippen LogP contribution in [-0.4, -0.2) is 5.11 Å². The van der Waals surface area contributed by atoms with Crippen molar-refractivity contribution < 1.29 is 5.11 Å². The molecule has 0 saturated carbocycles. The first-order chi connectivity index (χ1) is 8.54. The summed E-state index contributed by atoms with van der Waals surface area (Å²) in [6.07, 6.45) is 0.455. The van der Waals surface area contributed by atoms with E-state index in [9.17, 15) is 5.11 Å². The van der Waals surface area contributed by atoms with E-state index in [0.717, 1.165) is 32.5 Å². The Bertz CT molecular complexity index is 560. The number of hydrogen-bond donors (Lipinski definition) is 1. The maximum atomic E-state index is 10.6. The van der Waals surface area contributed by atoms with Gasteiger partial charge in [-0.2, -0.15) is 0 Å². The average Bonchev–Trinajstić information content (AvgIpc) is 2.81. The summed E-state index contributed by atoms with van der Waals surface area (Å²) in [6.45, 7) is 6.22. The maximum Gasteiger partial charge on any atom is 0.114 e. The minimum absolute atomic E-state index is 0.508. The second-order valence-corrected chi connectivity index (χ2v) is 6.33. The van der Waals surface area contributed by atoms with Crippen LogP contribution in [0, 0.1) is 13.8 Å². The van der Waals surface area contributed by atoms with E-state index in [1.54, 1.807) is 11.3 Å². The second-order valence-electron chi connectivity index (χ2n) is 4.52. The molecule has 0 spiro atoms. The van der Waals surface area contributed by atoms with Crippen molar-refractivity contribution in [3.8, 4) is 0 Å². The number of halogens is 1. The molecule has 1 N–H and O–H groups in total. The van der Waals surface area contributed by atoms with E-state index >= 15 is 0 Å². The van der Waals surface area contributed by atoms with Gasteiger partial charge >= 0.3 is 0 Å². The third-order valence-electron chi connectivity index (χ3n) is 3.25. The molecule has 1 heterocycles. The summed E-state index contributed by atoms with van der Waals surface area (Å²) < 4.78 is 1.10. The molecule has 1 unspecified atom stereocenters. The predicted molar refractivity (Wildman–Crippen MR) is 81.4 cm³/mol. The van der Waals surface area contributed by atoms with Crippen molar-refractivity contribution in [2.24, 2.45) is 0 Å². The number of aliphatic hydroxyl groups excluding tert-OH is 1. The van der Waals surface area contributed by atoms with Crippen molar-refractivity contribution in [1.82, 2.24) is 0 Å². The van der Waals surface area contributed by atoms with Gasteiger partial charge in [-0.25, -0.2) is 0 Å². The molecule has 2 aromatic rings. The molecule has 3 heteroatoms. The zero-order valence-electron chi connectivity index (χ0n) is 10.8. The van der Waals surface area contributed by atoms with Crippen LogP contribution in [0.3, 0.4) is 0 Å². The topological polar surface area (TPSA) is 20.2 Å². The molecular formula is C15H17BrOS. The Kier molecular flexibility index (Phi) is 4.25. The molecule has 0 saturated heterocycles. The van der Waals surface area contributed by atoms with Crippen LogP contribution in [0.1, 0.15) is 40.2 Å². The van der Waals surface area contributed by atoms with E-state index < -0.39 is 6.10 Å². The van der Waals surface area contributed by atoms with Gasteiger partial charge in [0.25, 0.3) is 0 Å². The Hall–Kier alpha value is -0.640. The SMILES string of the molecule is CCc1ccsc1C(O)c1cc(C)c(Br)cc1C. The van der Waals surface area contributed by atoms with Crippen molar-refractivity contribution in [1.29, 1.82) is 0 Å². The fraction of sp³-hybridized carbons (Fsp3) is 0.333. The van der Waals surface area contributed by atoms with Crippen LogP contribution in [0.25, 0.3) is 0 Å². The Balaban J connectivity index is 2.46. The lowest BCUT2D eigenvalue weighted by Gasteiger charge is -2.16. The molecule has 1 atom stereocenters. The maximum absolute atomic E-state index is 10.6. The molecule has 2 rings (SSSR count). The summed E-state index contributed by atoms with van der Waals surface area (Å²) in [4.78, 5) is 1.07. The minimum atomic E-state index is -0.508. The normalized spacial score (nSPS) is 12.7. The van der Waals surface area contributed by atoms with Crippen molar-refractivity contribution in [3.05, 3.63) is 55.2 Å². The van der Waals surface area contributed by atoms with Crippen molar-refractivity contribution in [3.63, 3.8) is 0 Å². The largest absolute Gasteiger partial charge is 0.383 e. The molecule has 0 aliphatic rings. The number of hydrogen-bond acceptors (Lipinski definition) is 2. The summed E-state index contributed by atoms with van der Waals surface area (Å²) in [5.41, 5.74) is 4.53. The van der Waals surface area contributed by atoms with Crippen LogP contribution >= 0.6 is 27.3 Å². The van der Waals surface area contributed by atoms with Gasteiger partial charge in [-0.05, 0) is 60.0 Å². The van der Waals surface area contributed by atoms with Crippen LogP contribution in [0.2, 0.25) is 0 Å². The molecule has 0 fully saturated rings. The number of thiophene rings is 1. The van der Waals surface area contributed by atoms with Crippen molar-refractivity contribution in [2.45, 2.75) is 33.3 Å². The molecule has 1 nitrogen and oxygen atoms in total. The van der Waals surface area contributed by atoms with Crippen LogP contribution in [0.15, 0.2) is 28.1 Å². The van der Waals surface area contributed by atoms with Crippen molar-refractivity contribution >= 4 is 27.3 Å². The Labute approximate surface area is 121 Å². The first kappa shape index (κ1) is 13.8. The second kappa shape index (κ2) is 5.55. The van der Waals surface area contributed by atoms with E-state index in [1.165, 1.54) is 5.56 Å². The molecule has 0 aliphatic heterocycles. The summed E-state index contributed by atoms with van der Waals surface area (Å²) in [5.74, 6) is 0. The summed E-state index contributed by atoms with van der Waals surface area (Å²) in [6, 6.07) is 6.25. The van der Waals surface area contributed by atoms with E-state index in [1.807, 2.05) is 6.92 Å². The van der Waals surface area contributed by atoms with Gasteiger partial charge in [0.15, 0.2) is 0 Å². The molecule has 0 aliphatic carbocycles. The van der Waals surface area contributed by atoms with Gasteiger partial charge in [-0.3, -0.25) is 0 Å². The van der Waals surface area contributed by atoms with Gasteiger partial charge in [-0.1, -0.05) is 28.9 Å². The summed E-state index contributed by atoms with van der Waals surface area (Å²) in [5, 5.41) is 12.6. The molecule has 0 bridgehead atoms.